The topological polar surface area (TPSA) is 68.0 Å². The Morgan fingerprint density at radius 2 is 2.22 bits per heavy atom. The van der Waals surface area contributed by atoms with E-state index in [1.165, 1.54) is 0 Å². The van der Waals surface area contributed by atoms with Gasteiger partial charge in [-0.05, 0) is 12.8 Å². The summed E-state index contributed by atoms with van der Waals surface area (Å²) in [4.78, 5) is 16.5. The van der Waals surface area contributed by atoms with Gasteiger partial charge in [-0.2, -0.15) is 0 Å². The molecule has 1 unspecified atom stereocenters. The molecule has 102 valence electrons. The van der Waals surface area contributed by atoms with Crippen LogP contribution in [0.5, 0.6) is 0 Å². The Kier molecular flexibility index (Phi) is 5.75. The van der Waals surface area contributed by atoms with E-state index in [4.69, 9.17) is 5.73 Å². The molecule has 0 aliphatic carbocycles. The first-order valence-corrected chi connectivity index (χ1v) is 7.35. The molecular weight excluding hydrogens is 246 g/mol. The van der Waals surface area contributed by atoms with Gasteiger partial charge in [-0.15, -0.1) is 11.3 Å². The summed E-state index contributed by atoms with van der Waals surface area (Å²) in [6, 6.07) is 0. The van der Waals surface area contributed by atoms with Crippen molar-refractivity contribution in [3.8, 4) is 0 Å². The van der Waals surface area contributed by atoms with Gasteiger partial charge in [0.15, 0.2) is 0 Å². The number of carbonyl (C=O) groups is 1. The van der Waals surface area contributed by atoms with Gasteiger partial charge in [0, 0.05) is 30.6 Å². The third-order valence-corrected chi connectivity index (χ3v) is 4.67. The zero-order chi connectivity index (χ0) is 13.6. The van der Waals surface area contributed by atoms with Crippen LogP contribution in [0.2, 0.25) is 0 Å². The number of amides is 1. The van der Waals surface area contributed by atoms with Crippen LogP contribution in [0.25, 0.3) is 0 Å². The first-order chi connectivity index (χ1) is 8.59. The average Bonchev–Trinajstić information content (AvgIpc) is 2.92. The monoisotopic (exact) mass is 269 g/mol. The maximum absolute atomic E-state index is 12.2. The number of aromatic nitrogens is 1. The van der Waals surface area contributed by atoms with E-state index in [0.29, 0.717) is 13.1 Å². The lowest BCUT2D eigenvalue weighted by atomic mass is 9.81. The quantitative estimate of drug-likeness (QED) is 0.796. The summed E-state index contributed by atoms with van der Waals surface area (Å²) >= 11 is 1.62. The summed E-state index contributed by atoms with van der Waals surface area (Å²) in [5.41, 5.74) is 5.35. The van der Waals surface area contributed by atoms with Gasteiger partial charge in [0.25, 0.3) is 0 Å². The predicted molar refractivity (Wildman–Crippen MR) is 75.6 cm³/mol. The molecule has 1 amide bonds. The van der Waals surface area contributed by atoms with Gasteiger partial charge in [-0.25, -0.2) is 4.98 Å². The zero-order valence-corrected chi connectivity index (χ0v) is 12.2. The number of nitrogens with two attached hydrogens (primary N) is 1. The molecule has 0 saturated heterocycles. The van der Waals surface area contributed by atoms with Crippen LogP contribution in [0.4, 0.5) is 0 Å². The fourth-order valence-corrected chi connectivity index (χ4v) is 2.65. The minimum Gasteiger partial charge on any atom is -0.355 e. The van der Waals surface area contributed by atoms with Gasteiger partial charge >= 0.3 is 0 Å². The largest absolute Gasteiger partial charge is 0.355 e. The molecule has 0 radical (unpaired) electrons. The lowest BCUT2D eigenvalue weighted by molar-refractivity contribution is -0.131. The zero-order valence-electron chi connectivity index (χ0n) is 11.4. The van der Waals surface area contributed by atoms with Crippen molar-refractivity contribution in [2.24, 2.45) is 11.1 Å². The second-order valence-electron chi connectivity index (χ2n) is 4.67. The second kappa shape index (κ2) is 6.85. The van der Waals surface area contributed by atoms with Crippen molar-refractivity contribution in [2.45, 2.75) is 39.5 Å². The molecule has 4 nitrogen and oxygen atoms in total. The molecule has 0 spiro atoms. The van der Waals surface area contributed by atoms with Gasteiger partial charge in [0.2, 0.25) is 5.91 Å². The van der Waals surface area contributed by atoms with Gasteiger partial charge < -0.3 is 11.1 Å². The van der Waals surface area contributed by atoms with Crippen molar-refractivity contribution in [2.75, 3.05) is 13.1 Å². The molecule has 1 rings (SSSR count). The van der Waals surface area contributed by atoms with Crippen LogP contribution in [-0.4, -0.2) is 24.0 Å². The Bertz CT molecular complexity index is 352. The molecule has 0 aliphatic heterocycles. The molecule has 3 N–H and O–H groups in total. The molecule has 1 aromatic heterocycles. The first-order valence-electron chi connectivity index (χ1n) is 6.47. The van der Waals surface area contributed by atoms with E-state index >= 15 is 0 Å². The Hall–Kier alpha value is -0.940. The lowest BCUT2D eigenvalue weighted by Crippen LogP contribution is -2.46. The van der Waals surface area contributed by atoms with Crippen molar-refractivity contribution in [1.82, 2.24) is 10.3 Å². The Morgan fingerprint density at radius 1 is 1.56 bits per heavy atom. The highest BCUT2D eigenvalue weighted by molar-refractivity contribution is 7.09. The molecule has 1 aromatic rings. The molecule has 0 aromatic carbocycles. The fraction of sp³-hybridized carbons (Fsp3) is 0.692. The third kappa shape index (κ3) is 3.29. The maximum Gasteiger partial charge on any atom is 0.227 e. The van der Waals surface area contributed by atoms with Gasteiger partial charge in [0.1, 0.15) is 0 Å². The van der Waals surface area contributed by atoms with Crippen LogP contribution in [-0.2, 0) is 4.79 Å². The maximum atomic E-state index is 12.2. The van der Waals surface area contributed by atoms with E-state index in [9.17, 15) is 4.79 Å². The van der Waals surface area contributed by atoms with Crippen molar-refractivity contribution in [3.05, 3.63) is 16.6 Å². The van der Waals surface area contributed by atoms with E-state index < -0.39 is 5.41 Å². The molecule has 0 fully saturated rings. The summed E-state index contributed by atoms with van der Waals surface area (Å²) in [6.07, 6.45) is 3.34. The molecule has 0 saturated carbocycles. The lowest BCUT2D eigenvalue weighted by Gasteiger charge is -2.29. The third-order valence-electron chi connectivity index (χ3n) is 3.67. The normalized spacial score (nSPS) is 13.3. The Labute approximate surface area is 113 Å². The smallest absolute Gasteiger partial charge is 0.227 e. The van der Waals surface area contributed by atoms with E-state index in [-0.39, 0.29) is 11.8 Å². The van der Waals surface area contributed by atoms with E-state index in [2.05, 4.69) is 17.2 Å². The van der Waals surface area contributed by atoms with Crippen molar-refractivity contribution in [3.63, 3.8) is 0 Å². The van der Waals surface area contributed by atoms with Crippen LogP contribution in [0, 0.1) is 5.41 Å². The number of rotatable bonds is 7. The summed E-state index contributed by atoms with van der Waals surface area (Å²) < 4.78 is 0. The van der Waals surface area contributed by atoms with Crippen molar-refractivity contribution in [1.29, 1.82) is 0 Å². The summed E-state index contributed by atoms with van der Waals surface area (Å²) in [5, 5.41) is 6.02. The van der Waals surface area contributed by atoms with Crippen molar-refractivity contribution >= 4 is 17.2 Å². The van der Waals surface area contributed by atoms with Crippen LogP contribution < -0.4 is 11.1 Å². The summed E-state index contributed by atoms with van der Waals surface area (Å²) in [5.74, 6) is 0.316. The highest BCUT2D eigenvalue weighted by Gasteiger charge is 2.33. The SMILES string of the molecule is CCC(CC)(CN)C(=O)NCC(C)c1nccs1. The van der Waals surface area contributed by atoms with Crippen LogP contribution in [0.3, 0.4) is 0 Å². The molecule has 18 heavy (non-hydrogen) atoms. The Balaban J connectivity index is 2.55. The average molecular weight is 269 g/mol. The van der Waals surface area contributed by atoms with E-state index in [1.807, 2.05) is 19.2 Å². The van der Waals surface area contributed by atoms with Crippen LogP contribution in [0.15, 0.2) is 11.6 Å². The number of hydrogen-bond donors (Lipinski definition) is 2. The number of nitrogens with one attached hydrogen (secondary N) is 1. The molecule has 1 atom stereocenters. The molecule has 0 aliphatic rings. The first kappa shape index (κ1) is 15.1. The van der Waals surface area contributed by atoms with E-state index in [0.717, 1.165) is 17.8 Å². The van der Waals surface area contributed by atoms with Crippen LogP contribution >= 0.6 is 11.3 Å². The fourth-order valence-electron chi connectivity index (χ4n) is 1.95. The van der Waals surface area contributed by atoms with Gasteiger partial charge in [-0.3, -0.25) is 4.79 Å². The van der Waals surface area contributed by atoms with Crippen LogP contribution in [0.1, 0.15) is 44.5 Å². The molecule has 0 bridgehead atoms. The summed E-state index contributed by atoms with van der Waals surface area (Å²) in [7, 11) is 0. The van der Waals surface area contributed by atoms with Gasteiger partial charge in [-0.1, -0.05) is 20.8 Å². The predicted octanol–water partition coefficient (Wildman–Crippen LogP) is 2.13. The number of hydrogen-bond acceptors (Lipinski definition) is 4. The number of carbonyl (C=O) groups excluding carboxylic acids is 1. The number of thiazole rings is 1. The summed E-state index contributed by atoms with van der Waals surface area (Å²) in [6.45, 7) is 7.12. The minimum atomic E-state index is -0.414. The second-order valence-corrected chi connectivity index (χ2v) is 5.60. The van der Waals surface area contributed by atoms with E-state index in [1.54, 1.807) is 17.5 Å². The molecule has 1 heterocycles. The number of nitrogens with zero attached hydrogens (tertiary/aromatic N) is 1. The highest BCUT2D eigenvalue weighted by Crippen LogP contribution is 2.25. The Morgan fingerprint density at radius 3 is 2.67 bits per heavy atom. The van der Waals surface area contributed by atoms with Gasteiger partial charge in [0.05, 0.1) is 10.4 Å². The standard InChI is InChI=1S/C13H23N3OS/c1-4-13(5-2,9-14)12(17)16-8-10(3)11-15-6-7-18-11/h6-7,10H,4-5,8-9,14H2,1-3H3,(H,16,17). The molecular formula is C13H23N3OS. The highest BCUT2D eigenvalue weighted by atomic mass is 32.1. The van der Waals surface area contributed by atoms with Crippen molar-refractivity contribution < 1.29 is 4.79 Å². The minimum absolute atomic E-state index is 0.0680. The molecule has 5 heteroatoms.